The number of imide groups is 1. The molecule has 3 N–H and O–H groups in total. The van der Waals surface area contributed by atoms with Crippen molar-refractivity contribution in [3.63, 3.8) is 0 Å². The fourth-order valence-electron chi connectivity index (χ4n) is 1.19. The average Bonchev–Trinajstić information content (AvgIpc) is 2.25. The fourth-order valence-corrected chi connectivity index (χ4v) is 1.19. The Hall–Kier alpha value is -1.63. The summed E-state index contributed by atoms with van der Waals surface area (Å²) >= 11 is 0. The quantitative estimate of drug-likeness (QED) is 0.612. The van der Waals surface area contributed by atoms with Gasteiger partial charge in [-0.1, -0.05) is 13.8 Å². The lowest BCUT2D eigenvalue weighted by atomic mass is 10.1. The highest BCUT2D eigenvalue weighted by molar-refractivity contribution is 5.95. The zero-order valence-electron chi connectivity index (χ0n) is 10.9. The van der Waals surface area contributed by atoms with Crippen LogP contribution in [0.3, 0.4) is 0 Å². The summed E-state index contributed by atoms with van der Waals surface area (Å²) in [5, 5.41) is 13.1. The van der Waals surface area contributed by atoms with Crippen LogP contribution in [0.5, 0.6) is 0 Å². The van der Waals surface area contributed by atoms with Crippen molar-refractivity contribution in [1.29, 1.82) is 0 Å². The largest absolute Gasteiger partial charge is 0.481 e. The molecule has 0 saturated carbocycles. The zero-order valence-corrected chi connectivity index (χ0v) is 10.9. The van der Waals surface area contributed by atoms with Gasteiger partial charge in [-0.2, -0.15) is 0 Å². The predicted octanol–water partition coefficient (Wildman–Crippen LogP) is 0.348. The Morgan fingerprint density at radius 3 is 2.28 bits per heavy atom. The van der Waals surface area contributed by atoms with E-state index in [1.54, 1.807) is 0 Å². The van der Waals surface area contributed by atoms with Crippen LogP contribution in [-0.4, -0.2) is 42.8 Å². The molecule has 7 heteroatoms. The van der Waals surface area contributed by atoms with Crippen molar-refractivity contribution in [2.24, 2.45) is 5.92 Å². The van der Waals surface area contributed by atoms with E-state index >= 15 is 0 Å². The van der Waals surface area contributed by atoms with Crippen molar-refractivity contribution in [2.75, 3.05) is 13.7 Å². The van der Waals surface area contributed by atoms with Gasteiger partial charge in [-0.3, -0.25) is 14.9 Å². The average molecular weight is 260 g/mol. The van der Waals surface area contributed by atoms with E-state index in [0.29, 0.717) is 6.61 Å². The van der Waals surface area contributed by atoms with Crippen molar-refractivity contribution in [3.05, 3.63) is 0 Å². The SMILES string of the molecule is COCC(NC(=O)NC(=O)CCC(=O)O)C(C)C. The van der Waals surface area contributed by atoms with Crippen molar-refractivity contribution >= 4 is 17.9 Å². The van der Waals surface area contributed by atoms with Gasteiger partial charge in [-0.25, -0.2) is 4.79 Å². The molecule has 7 nitrogen and oxygen atoms in total. The third-order valence-corrected chi connectivity index (χ3v) is 2.29. The molecule has 1 unspecified atom stereocenters. The molecule has 104 valence electrons. The van der Waals surface area contributed by atoms with Crippen LogP contribution in [0, 0.1) is 5.92 Å². The number of carboxylic acids is 1. The second-order valence-corrected chi connectivity index (χ2v) is 4.22. The number of methoxy groups -OCH3 is 1. The monoisotopic (exact) mass is 260 g/mol. The summed E-state index contributed by atoms with van der Waals surface area (Å²) in [6.07, 6.45) is -0.524. The van der Waals surface area contributed by atoms with Gasteiger partial charge in [-0.15, -0.1) is 0 Å². The Kier molecular flexibility index (Phi) is 7.69. The van der Waals surface area contributed by atoms with Crippen LogP contribution >= 0.6 is 0 Å². The fraction of sp³-hybridized carbons (Fsp3) is 0.727. The van der Waals surface area contributed by atoms with Crippen molar-refractivity contribution in [3.8, 4) is 0 Å². The third-order valence-electron chi connectivity index (χ3n) is 2.29. The lowest BCUT2D eigenvalue weighted by Gasteiger charge is -2.21. The molecule has 0 rings (SSSR count). The number of rotatable bonds is 7. The summed E-state index contributed by atoms with van der Waals surface area (Å²) in [6, 6.07) is -0.844. The number of carbonyl (C=O) groups excluding carboxylic acids is 2. The van der Waals surface area contributed by atoms with Gasteiger partial charge in [0.05, 0.1) is 19.1 Å². The van der Waals surface area contributed by atoms with Crippen LogP contribution in [0.1, 0.15) is 26.7 Å². The number of nitrogens with one attached hydrogen (secondary N) is 2. The molecule has 0 saturated heterocycles. The Labute approximate surface area is 106 Å². The Balaban J connectivity index is 4.07. The highest BCUT2D eigenvalue weighted by Crippen LogP contribution is 2.01. The molecule has 0 aliphatic carbocycles. The first-order valence-electron chi connectivity index (χ1n) is 5.67. The Morgan fingerprint density at radius 1 is 1.22 bits per heavy atom. The zero-order chi connectivity index (χ0) is 14.1. The highest BCUT2D eigenvalue weighted by atomic mass is 16.5. The summed E-state index contributed by atoms with van der Waals surface area (Å²) in [6.45, 7) is 4.17. The van der Waals surface area contributed by atoms with Gasteiger partial charge in [0.1, 0.15) is 0 Å². The van der Waals surface area contributed by atoms with Gasteiger partial charge in [0.15, 0.2) is 0 Å². The standard InChI is InChI=1S/C11H20N2O5/c1-7(2)8(6-18-3)12-11(17)13-9(14)4-5-10(15)16/h7-8H,4-6H2,1-3H3,(H,15,16)(H2,12,13,14,17). The molecular weight excluding hydrogens is 240 g/mol. The number of carboxylic acid groups (broad SMARTS) is 1. The van der Waals surface area contributed by atoms with Gasteiger partial charge in [0.25, 0.3) is 0 Å². The van der Waals surface area contributed by atoms with E-state index in [4.69, 9.17) is 9.84 Å². The first-order chi connectivity index (χ1) is 8.36. The summed E-state index contributed by atoms with van der Waals surface area (Å²) in [7, 11) is 1.52. The lowest BCUT2D eigenvalue weighted by molar-refractivity contribution is -0.138. The van der Waals surface area contributed by atoms with Gasteiger partial charge < -0.3 is 15.2 Å². The maximum atomic E-state index is 11.4. The molecule has 3 amide bonds. The highest BCUT2D eigenvalue weighted by Gasteiger charge is 2.17. The van der Waals surface area contributed by atoms with Crippen molar-refractivity contribution in [1.82, 2.24) is 10.6 Å². The molecule has 0 aromatic rings. The van der Waals surface area contributed by atoms with Gasteiger partial charge in [-0.05, 0) is 5.92 Å². The summed E-state index contributed by atoms with van der Waals surface area (Å²) < 4.78 is 4.94. The van der Waals surface area contributed by atoms with E-state index in [1.807, 2.05) is 13.8 Å². The second kappa shape index (κ2) is 8.46. The van der Waals surface area contributed by atoms with Gasteiger partial charge in [0, 0.05) is 13.5 Å². The van der Waals surface area contributed by atoms with Crippen LogP contribution in [0.15, 0.2) is 0 Å². The number of hydrogen-bond donors (Lipinski definition) is 3. The van der Waals surface area contributed by atoms with E-state index in [-0.39, 0.29) is 24.8 Å². The third kappa shape index (κ3) is 7.61. The van der Waals surface area contributed by atoms with E-state index in [2.05, 4.69) is 10.6 Å². The van der Waals surface area contributed by atoms with Crippen LogP contribution in [0.25, 0.3) is 0 Å². The second-order valence-electron chi connectivity index (χ2n) is 4.22. The van der Waals surface area contributed by atoms with Crippen LogP contribution < -0.4 is 10.6 Å². The molecule has 0 radical (unpaired) electrons. The van der Waals surface area contributed by atoms with E-state index < -0.39 is 17.9 Å². The lowest BCUT2D eigenvalue weighted by Crippen LogP contribution is -2.48. The maximum absolute atomic E-state index is 11.4. The molecule has 0 heterocycles. The maximum Gasteiger partial charge on any atom is 0.321 e. The first-order valence-corrected chi connectivity index (χ1v) is 5.67. The summed E-state index contributed by atoms with van der Waals surface area (Å²) in [4.78, 5) is 32.9. The van der Waals surface area contributed by atoms with Crippen LogP contribution in [0.2, 0.25) is 0 Å². The predicted molar refractivity (Wildman–Crippen MR) is 64.0 cm³/mol. The Bertz CT molecular complexity index is 304. The number of ether oxygens (including phenoxy) is 1. The summed E-state index contributed by atoms with van der Waals surface area (Å²) in [5.74, 6) is -1.54. The molecule has 0 aromatic carbocycles. The summed E-state index contributed by atoms with van der Waals surface area (Å²) in [5.41, 5.74) is 0. The molecule has 1 atom stereocenters. The molecule has 0 bridgehead atoms. The minimum absolute atomic E-state index is 0.157. The van der Waals surface area contributed by atoms with Crippen molar-refractivity contribution < 1.29 is 24.2 Å². The normalized spacial score (nSPS) is 12.0. The van der Waals surface area contributed by atoms with E-state index in [1.165, 1.54) is 7.11 Å². The van der Waals surface area contributed by atoms with E-state index in [0.717, 1.165) is 0 Å². The van der Waals surface area contributed by atoms with Gasteiger partial charge >= 0.3 is 12.0 Å². The van der Waals surface area contributed by atoms with Gasteiger partial charge in [0.2, 0.25) is 5.91 Å². The topological polar surface area (TPSA) is 105 Å². The molecule has 0 aliphatic heterocycles. The smallest absolute Gasteiger partial charge is 0.321 e. The first kappa shape index (κ1) is 16.4. The minimum Gasteiger partial charge on any atom is -0.481 e. The van der Waals surface area contributed by atoms with E-state index in [9.17, 15) is 14.4 Å². The molecule has 0 aromatic heterocycles. The molecular formula is C11H20N2O5. The number of amides is 3. The number of urea groups is 1. The molecule has 0 spiro atoms. The molecule has 18 heavy (non-hydrogen) atoms. The van der Waals surface area contributed by atoms with Crippen molar-refractivity contribution in [2.45, 2.75) is 32.7 Å². The molecule has 0 aliphatic rings. The minimum atomic E-state index is -1.08. The number of aliphatic carboxylic acids is 1. The van der Waals surface area contributed by atoms with Crippen LogP contribution in [0.4, 0.5) is 4.79 Å². The number of carbonyl (C=O) groups is 3. The Morgan fingerprint density at radius 2 is 1.83 bits per heavy atom. The molecule has 0 fully saturated rings. The number of hydrogen-bond acceptors (Lipinski definition) is 4. The van der Waals surface area contributed by atoms with Crippen LogP contribution in [-0.2, 0) is 14.3 Å².